The van der Waals surface area contributed by atoms with Crippen LogP contribution in [0.2, 0.25) is 0 Å². The molecule has 0 aromatic carbocycles. The van der Waals surface area contributed by atoms with Crippen LogP contribution in [-0.2, 0) is 0 Å². The van der Waals surface area contributed by atoms with Gasteiger partial charge in [0.25, 0.3) is 0 Å². The molecule has 0 radical (unpaired) electrons. The predicted octanol–water partition coefficient (Wildman–Crippen LogP) is 1.71. The minimum atomic E-state index is -2.11. The van der Waals surface area contributed by atoms with Gasteiger partial charge in [0.1, 0.15) is 0 Å². The Kier molecular flexibility index (Phi) is 3.26. The van der Waals surface area contributed by atoms with Crippen LogP contribution in [0.4, 0.5) is 8.78 Å². The first-order valence-electron chi connectivity index (χ1n) is 5.84. The maximum Gasteiger partial charge on any atom is 0.241 e. The van der Waals surface area contributed by atoms with Gasteiger partial charge in [0.05, 0.1) is 0 Å². The van der Waals surface area contributed by atoms with E-state index in [4.69, 9.17) is 0 Å². The molecule has 2 nitrogen and oxygen atoms in total. The monoisotopic (exact) mass is 218 g/mol. The van der Waals surface area contributed by atoms with Gasteiger partial charge in [-0.1, -0.05) is 0 Å². The molecular weight excluding hydrogens is 198 g/mol. The highest BCUT2D eigenvalue weighted by atomic mass is 19.3. The Morgan fingerprint density at radius 1 is 1.13 bits per heavy atom. The van der Waals surface area contributed by atoms with Crippen LogP contribution in [0.1, 0.15) is 26.7 Å². The van der Waals surface area contributed by atoms with Crippen molar-refractivity contribution in [2.45, 2.75) is 51.2 Å². The number of alkyl halides is 2. The van der Waals surface area contributed by atoms with Crippen molar-refractivity contribution in [2.24, 2.45) is 5.92 Å². The van der Waals surface area contributed by atoms with Crippen molar-refractivity contribution in [1.29, 1.82) is 0 Å². The number of piperazine rings is 1. The van der Waals surface area contributed by atoms with Crippen molar-refractivity contribution >= 4 is 0 Å². The molecule has 0 bridgehead atoms. The molecule has 4 heteroatoms. The van der Waals surface area contributed by atoms with Crippen LogP contribution in [-0.4, -0.2) is 42.5 Å². The van der Waals surface area contributed by atoms with E-state index in [0.717, 1.165) is 13.1 Å². The van der Waals surface area contributed by atoms with Crippen molar-refractivity contribution in [3.8, 4) is 0 Å². The smallest absolute Gasteiger partial charge is 0.241 e. The Labute approximate surface area is 90.0 Å². The zero-order valence-corrected chi connectivity index (χ0v) is 9.42. The van der Waals surface area contributed by atoms with Crippen LogP contribution in [0.15, 0.2) is 0 Å². The SMILES string of the molecule is C[C@@H]1CN(C2CC(C(F)F)C2)C[C@@H](C)N1. The van der Waals surface area contributed by atoms with Crippen LogP contribution in [0.3, 0.4) is 0 Å². The van der Waals surface area contributed by atoms with Crippen LogP contribution in [0, 0.1) is 5.92 Å². The van der Waals surface area contributed by atoms with Crippen LogP contribution in [0.5, 0.6) is 0 Å². The van der Waals surface area contributed by atoms with E-state index in [1.165, 1.54) is 0 Å². The summed E-state index contributed by atoms with van der Waals surface area (Å²) in [4.78, 5) is 2.38. The Morgan fingerprint density at radius 3 is 2.13 bits per heavy atom. The minimum Gasteiger partial charge on any atom is -0.309 e. The van der Waals surface area contributed by atoms with E-state index in [9.17, 15) is 8.78 Å². The van der Waals surface area contributed by atoms with Crippen molar-refractivity contribution in [3.05, 3.63) is 0 Å². The molecule has 2 fully saturated rings. The molecule has 2 rings (SSSR count). The van der Waals surface area contributed by atoms with Gasteiger partial charge in [-0.3, -0.25) is 4.90 Å². The third-order valence-electron chi connectivity index (χ3n) is 3.61. The van der Waals surface area contributed by atoms with Gasteiger partial charge in [-0.2, -0.15) is 0 Å². The summed E-state index contributed by atoms with van der Waals surface area (Å²) >= 11 is 0. The Morgan fingerprint density at radius 2 is 1.67 bits per heavy atom. The van der Waals surface area contributed by atoms with Gasteiger partial charge in [-0.05, 0) is 26.7 Å². The van der Waals surface area contributed by atoms with E-state index in [1.54, 1.807) is 0 Å². The van der Waals surface area contributed by atoms with E-state index in [-0.39, 0.29) is 5.92 Å². The Bertz CT molecular complexity index is 207. The second-order valence-corrected chi connectivity index (χ2v) is 5.14. The third-order valence-corrected chi connectivity index (χ3v) is 3.61. The van der Waals surface area contributed by atoms with Gasteiger partial charge in [0.15, 0.2) is 0 Å². The fraction of sp³-hybridized carbons (Fsp3) is 1.00. The maximum absolute atomic E-state index is 12.3. The average Bonchev–Trinajstić information content (AvgIpc) is 1.97. The molecule has 88 valence electrons. The maximum atomic E-state index is 12.3. The lowest BCUT2D eigenvalue weighted by molar-refractivity contribution is -0.0332. The lowest BCUT2D eigenvalue weighted by Gasteiger charge is -2.47. The van der Waals surface area contributed by atoms with Crippen molar-refractivity contribution in [2.75, 3.05) is 13.1 Å². The lowest BCUT2D eigenvalue weighted by atomic mass is 9.79. The molecule has 2 atom stereocenters. The summed E-state index contributed by atoms with van der Waals surface area (Å²) in [6.07, 6.45) is -0.729. The molecule has 0 aromatic heterocycles. The topological polar surface area (TPSA) is 15.3 Å². The first-order valence-corrected chi connectivity index (χ1v) is 5.84. The quantitative estimate of drug-likeness (QED) is 0.759. The Hall–Kier alpha value is -0.220. The van der Waals surface area contributed by atoms with Gasteiger partial charge in [0, 0.05) is 37.1 Å². The molecule has 15 heavy (non-hydrogen) atoms. The van der Waals surface area contributed by atoms with Gasteiger partial charge in [0.2, 0.25) is 6.43 Å². The number of nitrogens with zero attached hydrogens (tertiary/aromatic N) is 1. The fourth-order valence-corrected chi connectivity index (χ4v) is 2.80. The molecule has 1 aliphatic carbocycles. The van der Waals surface area contributed by atoms with Crippen molar-refractivity contribution in [3.63, 3.8) is 0 Å². The highest BCUT2D eigenvalue weighted by molar-refractivity contribution is 4.93. The van der Waals surface area contributed by atoms with Gasteiger partial charge in [-0.15, -0.1) is 0 Å². The summed E-state index contributed by atoms with van der Waals surface area (Å²) in [5, 5.41) is 3.46. The highest BCUT2D eigenvalue weighted by Gasteiger charge is 2.40. The zero-order valence-electron chi connectivity index (χ0n) is 9.42. The van der Waals surface area contributed by atoms with Crippen LogP contribution >= 0.6 is 0 Å². The zero-order chi connectivity index (χ0) is 11.0. The van der Waals surface area contributed by atoms with E-state index in [0.29, 0.717) is 31.0 Å². The van der Waals surface area contributed by atoms with Gasteiger partial charge < -0.3 is 5.32 Å². The fourth-order valence-electron chi connectivity index (χ4n) is 2.80. The minimum absolute atomic E-state index is 0.338. The van der Waals surface area contributed by atoms with E-state index >= 15 is 0 Å². The average molecular weight is 218 g/mol. The first kappa shape index (κ1) is 11.3. The summed E-state index contributed by atoms with van der Waals surface area (Å²) in [5.74, 6) is -0.338. The van der Waals surface area contributed by atoms with Gasteiger partial charge in [-0.25, -0.2) is 8.78 Å². The lowest BCUT2D eigenvalue weighted by Crippen LogP contribution is -2.59. The number of nitrogens with one attached hydrogen (secondary N) is 1. The summed E-state index contributed by atoms with van der Waals surface area (Å²) < 4.78 is 24.7. The van der Waals surface area contributed by atoms with Crippen LogP contribution < -0.4 is 5.32 Å². The first-order chi connectivity index (χ1) is 7.06. The van der Waals surface area contributed by atoms with E-state index in [1.807, 2.05) is 0 Å². The normalized spacial score (nSPS) is 43.0. The van der Waals surface area contributed by atoms with Crippen molar-refractivity contribution < 1.29 is 8.78 Å². The standard InChI is InChI=1S/C11H20F2N2/c1-7-5-15(6-8(2)14-7)10-3-9(4-10)11(12)13/h7-11,14H,3-6H2,1-2H3/t7-,8-,9?,10?/m1/s1. The largest absolute Gasteiger partial charge is 0.309 e. The molecule has 1 saturated heterocycles. The van der Waals surface area contributed by atoms with Crippen LogP contribution in [0.25, 0.3) is 0 Å². The molecule has 1 saturated carbocycles. The number of rotatable bonds is 2. The van der Waals surface area contributed by atoms with Crippen molar-refractivity contribution in [1.82, 2.24) is 10.2 Å². The second kappa shape index (κ2) is 4.34. The molecule has 1 aliphatic heterocycles. The number of hydrogen-bond acceptors (Lipinski definition) is 2. The number of hydrogen-bond donors (Lipinski definition) is 1. The molecule has 0 amide bonds. The summed E-state index contributed by atoms with van der Waals surface area (Å²) in [5.41, 5.74) is 0. The molecular formula is C11H20F2N2. The van der Waals surface area contributed by atoms with Gasteiger partial charge >= 0.3 is 0 Å². The molecule has 0 aromatic rings. The molecule has 1 heterocycles. The molecule has 0 spiro atoms. The second-order valence-electron chi connectivity index (χ2n) is 5.14. The summed E-state index contributed by atoms with van der Waals surface area (Å²) in [7, 11) is 0. The Balaban J connectivity index is 1.80. The molecule has 1 N–H and O–H groups in total. The summed E-state index contributed by atoms with van der Waals surface area (Å²) in [6.45, 7) is 6.33. The predicted molar refractivity (Wildman–Crippen MR) is 56.1 cm³/mol. The molecule has 2 aliphatic rings. The molecule has 0 unspecified atom stereocenters. The van der Waals surface area contributed by atoms with E-state index < -0.39 is 6.43 Å². The highest BCUT2D eigenvalue weighted by Crippen LogP contribution is 2.36. The number of halogens is 2. The van der Waals surface area contributed by atoms with E-state index in [2.05, 4.69) is 24.1 Å². The third kappa shape index (κ3) is 2.48. The summed E-state index contributed by atoms with van der Waals surface area (Å²) in [6, 6.07) is 1.38.